The average Bonchev–Trinajstić information content (AvgIpc) is 2.87. The predicted octanol–water partition coefficient (Wildman–Crippen LogP) is 5.54. The van der Waals surface area contributed by atoms with Gasteiger partial charge in [0.15, 0.2) is 0 Å². The number of hydrogen-bond acceptors (Lipinski definition) is 1. The lowest BCUT2D eigenvalue weighted by Crippen LogP contribution is -2.13. The Balaban J connectivity index is 2.01. The lowest BCUT2D eigenvalue weighted by Gasteiger charge is -2.24. The van der Waals surface area contributed by atoms with Gasteiger partial charge in [0.2, 0.25) is 0 Å². The molecule has 1 aliphatic carbocycles. The van der Waals surface area contributed by atoms with E-state index in [2.05, 4.69) is 42.5 Å². The molecule has 0 atom stereocenters. The summed E-state index contributed by atoms with van der Waals surface area (Å²) in [6, 6.07) is 0.670. The van der Waals surface area contributed by atoms with Crippen LogP contribution in [0.1, 0.15) is 77.5 Å². The second-order valence-corrected chi connectivity index (χ2v) is 6.33. The highest BCUT2D eigenvalue weighted by Crippen LogP contribution is 2.29. The fourth-order valence-corrected chi connectivity index (χ4v) is 3.00. The van der Waals surface area contributed by atoms with E-state index in [0.29, 0.717) is 6.04 Å². The Hall–Kier alpha value is -1.31. The van der Waals surface area contributed by atoms with Gasteiger partial charge in [0.25, 0.3) is 0 Å². The van der Waals surface area contributed by atoms with Crippen LogP contribution in [0.5, 0.6) is 0 Å². The Bertz CT molecular complexity index is 469. The van der Waals surface area contributed by atoms with Crippen molar-refractivity contribution < 1.29 is 0 Å². The molecule has 110 valence electrons. The SMILES string of the molecule is CC(C)=CCC/C(C)=C/c1cncn1C1CCCCC1. The summed E-state index contributed by atoms with van der Waals surface area (Å²) in [6.07, 6.45) is 17.7. The Kier molecular flexibility index (Phi) is 5.63. The minimum atomic E-state index is 0.670. The highest BCUT2D eigenvalue weighted by Gasteiger charge is 2.16. The van der Waals surface area contributed by atoms with Crippen molar-refractivity contribution in [3.05, 3.63) is 35.4 Å². The molecule has 2 heteroatoms. The van der Waals surface area contributed by atoms with Crippen molar-refractivity contribution in [3.63, 3.8) is 0 Å². The van der Waals surface area contributed by atoms with E-state index in [1.807, 2.05) is 12.5 Å². The van der Waals surface area contributed by atoms with Crippen LogP contribution in [0.4, 0.5) is 0 Å². The predicted molar refractivity (Wildman–Crippen MR) is 86.7 cm³/mol. The molecule has 2 rings (SSSR count). The normalized spacial score (nSPS) is 17.2. The molecule has 1 saturated carbocycles. The Morgan fingerprint density at radius 1 is 1.25 bits per heavy atom. The first kappa shape index (κ1) is 15.1. The van der Waals surface area contributed by atoms with E-state index in [4.69, 9.17) is 0 Å². The molecule has 0 amide bonds. The molecule has 1 aromatic heterocycles. The fraction of sp³-hybridized carbons (Fsp3) is 0.611. The molecule has 0 bridgehead atoms. The molecule has 0 unspecified atom stereocenters. The molecule has 0 radical (unpaired) electrons. The number of imidazole rings is 1. The summed E-state index contributed by atoms with van der Waals surface area (Å²) in [4.78, 5) is 4.37. The molecule has 1 aromatic rings. The van der Waals surface area contributed by atoms with Gasteiger partial charge in [-0.15, -0.1) is 0 Å². The lowest BCUT2D eigenvalue weighted by molar-refractivity contribution is 0.352. The zero-order chi connectivity index (χ0) is 14.4. The van der Waals surface area contributed by atoms with Crippen LogP contribution in [0, 0.1) is 0 Å². The summed E-state index contributed by atoms with van der Waals surface area (Å²) in [6.45, 7) is 6.56. The monoisotopic (exact) mass is 272 g/mol. The van der Waals surface area contributed by atoms with Crippen LogP contribution in [0.2, 0.25) is 0 Å². The van der Waals surface area contributed by atoms with Crippen LogP contribution in [0.3, 0.4) is 0 Å². The van der Waals surface area contributed by atoms with Crippen molar-refractivity contribution in [2.24, 2.45) is 0 Å². The van der Waals surface area contributed by atoms with Gasteiger partial charge in [0.1, 0.15) is 0 Å². The first-order chi connectivity index (χ1) is 9.66. The Morgan fingerprint density at radius 3 is 2.70 bits per heavy atom. The standard InChI is InChI=1S/C18H28N2/c1-15(2)8-7-9-16(3)12-18-13-19-14-20(18)17-10-5-4-6-11-17/h8,12-14,17H,4-7,9-11H2,1-3H3/b16-12+. The lowest BCUT2D eigenvalue weighted by atomic mass is 9.95. The van der Waals surface area contributed by atoms with Crippen molar-refractivity contribution in [1.82, 2.24) is 9.55 Å². The van der Waals surface area contributed by atoms with Crippen molar-refractivity contribution in [3.8, 4) is 0 Å². The van der Waals surface area contributed by atoms with Gasteiger partial charge in [0.05, 0.1) is 18.2 Å². The van der Waals surface area contributed by atoms with E-state index in [0.717, 1.165) is 12.8 Å². The third kappa shape index (κ3) is 4.36. The molecule has 0 saturated heterocycles. The molecule has 1 heterocycles. The molecule has 0 aromatic carbocycles. The van der Waals surface area contributed by atoms with E-state index >= 15 is 0 Å². The fourth-order valence-electron chi connectivity index (χ4n) is 3.00. The van der Waals surface area contributed by atoms with E-state index in [9.17, 15) is 0 Å². The van der Waals surface area contributed by atoms with E-state index < -0.39 is 0 Å². The molecule has 0 spiro atoms. The van der Waals surface area contributed by atoms with Crippen LogP contribution in [-0.4, -0.2) is 9.55 Å². The van der Waals surface area contributed by atoms with Gasteiger partial charge in [-0.25, -0.2) is 4.98 Å². The zero-order valence-corrected chi connectivity index (χ0v) is 13.2. The second-order valence-electron chi connectivity index (χ2n) is 6.33. The molecular formula is C18H28N2. The average molecular weight is 272 g/mol. The van der Waals surface area contributed by atoms with Crippen molar-refractivity contribution in [1.29, 1.82) is 0 Å². The topological polar surface area (TPSA) is 17.8 Å². The van der Waals surface area contributed by atoms with Gasteiger partial charge in [0, 0.05) is 6.04 Å². The van der Waals surface area contributed by atoms with Crippen LogP contribution >= 0.6 is 0 Å². The Morgan fingerprint density at radius 2 is 2.00 bits per heavy atom. The van der Waals surface area contributed by atoms with Gasteiger partial charge in [-0.05, 0) is 52.5 Å². The minimum absolute atomic E-state index is 0.670. The van der Waals surface area contributed by atoms with Gasteiger partial charge in [-0.1, -0.05) is 36.5 Å². The first-order valence-corrected chi connectivity index (χ1v) is 7.99. The number of allylic oxidation sites excluding steroid dienone is 3. The molecule has 2 nitrogen and oxygen atoms in total. The van der Waals surface area contributed by atoms with Crippen molar-refractivity contribution in [2.75, 3.05) is 0 Å². The summed E-state index contributed by atoms with van der Waals surface area (Å²) in [7, 11) is 0. The zero-order valence-electron chi connectivity index (χ0n) is 13.2. The Labute approximate surface area is 123 Å². The number of hydrogen-bond donors (Lipinski definition) is 0. The van der Waals surface area contributed by atoms with E-state index in [1.165, 1.54) is 48.9 Å². The molecular weight excluding hydrogens is 244 g/mol. The van der Waals surface area contributed by atoms with Gasteiger partial charge in [-0.2, -0.15) is 0 Å². The quantitative estimate of drug-likeness (QED) is 0.644. The third-order valence-corrected chi connectivity index (χ3v) is 4.15. The maximum Gasteiger partial charge on any atom is 0.0953 e. The molecule has 1 fully saturated rings. The summed E-state index contributed by atoms with van der Waals surface area (Å²) in [5.41, 5.74) is 4.14. The maximum atomic E-state index is 4.37. The van der Waals surface area contributed by atoms with Crippen LogP contribution in [0.15, 0.2) is 29.7 Å². The summed E-state index contributed by atoms with van der Waals surface area (Å²) < 4.78 is 2.39. The smallest absolute Gasteiger partial charge is 0.0953 e. The van der Waals surface area contributed by atoms with Gasteiger partial charge < -0.3 is 4.57 Å². The van der Waals surface area contributed by atoms with E-state index in [-0.39, 0.29) is 0 Å². The van der Waals surface area contributed by atoms with E-state index in [1.54, 1.807) is 0 Å². The summed E-state index contributed by atoms with van der Waals surface area (Å²) >= 11 is 0. The van der Waals surface area contributed by atoms with Crippen LogP contribution in [0.25, 0.3) is 6.08 Å². The highest BCUT2D eigenvalue weighted by atomic mass is 15.1. The summed E-state index contributed by atoms with van der Waals surface area (Å²) in [5, 5.41) is 0. The van der Waals surface area contributed by atoms with Crippen LogP contribution < -0.4 is 0 Å². The van der Waals surface area contributed by atoms with Gasteiger partial charge in [-0.3, -0.25) is 0 Å². The molecule has 0 aliphatic heterocycles. The summed E-state index contributed by atoms with van der Waals surface area (Å²) in [5.74, 6) is 0. The highest BCUT2D eigenvalue weighted by molar-refractivity contribution is 5.48. The van der Waals surface area contributed by atoms with Gasteiger partial charge >= 0.3 is 0 Å². The van der Waals surface area contributed by atoms with Crippen molar-refractivity contribution >= 4 is 6.08 Å². The molecule has 0 N–H and O–H groups in total. The minimum Gasteiger partial charge on any atom is -0.328 e. The number of rotatable bonds is 5. The maximum absolute atomic E-state index is 4.37. The van der Waals surface area contributed by atoms with Crippen molar-refractivity contribution in [2.45, 2.75) is 71.8 Å². The second kappa shape index (κ2) is 7.47. The largest absolute Gasteiger partial charge is 0.328 e. The number of aromatic nitrogens is 2. The number of nitrogens with zero attached hydrogens (tertiary/aromatic N) is 2. The molecule has 1 aliphatic rings. The van der Waals surface area contributed by atoms with Crippen LogP contribution in [-0.2, 0) is 0 Å². The first-order valence-electron chi connectivity index (χ1n) is 7.99. The molecule has 20 heavy (non-hydrogen) atoms. The third-order valence-electron chi connectivity index (χ3n) is 4.15.